The first-order valence-corrected chi connectivity index (χ1v) is 10.6. The molecule has 1 aliphatic carbocycles. The highest BCUT2D eigenvalue weighted by Gasteiger charge is 2.41. The molecule has 0 aromatic heterocycles. The molecular formula is C27H22N2O3. The van der Waals surface area contributed by atoms with Gasteiger partial charge in [0, 0.05) is 18.4 Å². The normalized spacial score (nSPS) is 20.6. The van der Waals surface area contributed by atoms with Gasteiger partial charge in [-0.15, -0.1) is 0 Å². The van der Waals surface area contributed by atoms with Gasteiger partial charge in [-0.05, 0) is 39.9 Å². The van der Waals surface area contributed by atoms with Crippen LogP contribution in [-0.2, 0) is 9.53 Å². The first kappa shape index (κ1) is 19.9. The topological polar surface area (TPSA) is 85.3 Å². The van der Waals surface area contributed by atoms with Crippen LogP contribution in [0, 0.1) is 11.3 Å². The monoisotopic (exact) mass is 422 g/mol. The van der Waals surface area contributed by atoms with E-state index in [1.54, 1.807) is 7.11 Å². The fraction of sp³-hybridized carbons (Fsp3) is 0.185. The lowest BCUT2D eigenvalue weighted by molar-refractivity contribution is -0.117. The van der Waals surface area contributed by atoms with E-state index in [9.17, 15) is 10.1 Å². The van der Waals surface area contributed by atoms with Gasteiger partial charge in [0.25, 0.3) is 0 Å². The Labute approximate surface area is 186 Å². The van der Waals surface area contributed by atoms with E-state index < -0.39 is 5.92 Å². The van der Waals surface area contributed by atoms with Crippen LogP contribution in [0.5, 0.6) is 5.75 Å². The molecule has 158 valence electrons. The minimum Gasteiger partial charge on any atom is -0.497 e. The molecule has 5 rings (SSSR count). The van der Waals surface area contributed by atoms with Crippen molar-refractivity contribution in [1.82, 2.24) is 0 Å². The van der Waals surface area contributed by atoms with E-state index in [0.717, 1.165) is 21.9 Å². The van der Waals surface area contributed by atoms with Crippen LogP contribution in [0.25, 0.3) is 10.8 Å². The average Bonchev–Trinajstić information content (AvgIpc) is 2.82. The van der Waals surface area contributed by atoms with Gasteiger partial charge in [0.15, 0.2) is 5.78 Å². The summed E-state index contributed by atoms with van der Waals surface area (Å²) < 4.78 is 11.1. The maximum absolute atomic E-state index is 13.5. The second kappa shape index (κ2) is 7.90. The van der Waals surface area contributed by atoms with Gasteiger partial charge < -0.3 is 15.2 Å². The zero-order valence-corrected chi connectivity index (χ0v) is 17.7. The lowest BCUT2D eigenvalue weighted by Crippen LogP contribution is -2.29. The fourth-order valence-electron chi connectivity index (χ4n) is 4.86. The third-order valence-electron chi connectivity index (χ3n) is 6.37. The fourth-order valence-corrected chi connectivity index (χ4v) is 4.86. The van der Waals surface area contributed by atoms with Crippen molar-refractivity contribution in [2.24, 2.45) is 5.73 Å². The number of rotatable bonds is 3. The van der Waals surface area contributed by atoms with Gasteiger partial charge in [-0.3, -0.25) is 4.79 Å². The molecule has 2 aliphatic rings. The van der Waals surface area contributed by atoms with Gasteiger partial charge in [-0.2, -0.15) is 5.26 Å². The third-order valence-corrected chi connectivity index (χ3v) is 6.37. The molecule has 1 heterocycles. The smallest absolute Gasteiger partial charge is 0.205 e. The molecule has 2 N–H and O–H groups in total. The van der Waals surface area contributed by atoms with Crippen molar-refractivity contribution in [2.45, 2.75) is 24.7 Å². The van der Waals surface area contributed by atoms with Crippen LogP contribution < -0.4 is 10.5 Å². The van der Waals surface area contributed by atoms with Gasteiger partial charge in [0.1, 0.15) is 23.2 Å². The second-order valence-electron chi connectivity index (χ2n) is 8.13. The van der Waals surface area contributed by atoms with Gasteiger partial charge in [0.05, 0.1) is 13.0 Å². The van der Waals surface area contributed by atoms with Crippen molar-refractivity contribution in [3.63, 3.8) is 0 Å². The molecule has 3 aromatic rings. The molecule has 0 spiro atoms. The number of fused-ring (bicyclic) bond motifs is 1. The number of allylic oxidation sites excluding steroid dienone is 3. The number of nitrogens with zero attached hydrogens (tertiary/aromatic N) is 1. The second-order valence-corrected chi connectivity index (χ2v) is 8.13. The van der Waals surface area contributed by atoms with E-state index in [-0.39, 0.29) is 23.2 Å². The molecule has 0 fully saturated rings. The predicted molar refractivity (Wildman–Crippen MR) is 122 cm³/mol. The Balaban J connectivity index is 1.59. The Hall–Kier alpha value is -4.04. The summed E-state index contributed by atoms with van der Waals surface area (Å²) in [5.41, 5.74) is 8.92. The minimum absolute atomic E-state index is 0.00903. The summed E-state index contributed by atoms with van der Waals surface area (Å²) in [6.07, 6.45) is 0.919. The van der Waals surface area contributed by atoms with Crippen LogP contribution in [-0.4, -0.2) is 12.9 Å². The molecule has 32 heavy (non-hydrogen) atoms. The molecule has 0 saturated carbocycles. The first-order valence-electron chi connectivity index (χ1n) is 10.6. The van der Waals surface area contributed by atoms with Crippen LogP contribution in [0.1, 0.15) is 35.8 Å². The number of hydrogen-bond donors (Lipinski definition) is 1. The Morgan fingerprint density at radius 2 is 1.78 bits per heavy atom. The quantitative estimate of drug-likeness (QED) is 0.638. The number of methoxy groups -OCH3 is 1. The van der Waals surface area contributed by atoms with Gasteiger partial charge in [-0.25, -0.2) is 0 Å². The SMILES string of the molecule is COc1ccc(C2C(C#N)=C(N)OC3=C2C(=O)CC(c2cccc4ccccc24)C3)cc1. The van der Waals surface area contributed by atoms with Crippen molar-refractivity contribution in [3.8, 4) is 11.8 Å². The highest BCUT2D eigenvalue weighted by molar-refractivity contribution is 6.00. The Morgan fingerprint density at radius 1 is 1.03 bits per heavy atom. The summed E-state index contributed by atoms with van der Waals surface area (Å²) in [5, 5.41) is 12.1. The predicted octanol–water partition coefficient (Wildman–Crippen LogP) is 5.06. The van der Waals surface area contributed by atoms with Gasteiger partial charge in [-0.1, -0.05) is 54.6 Å². The zero-order chi connectivity index (χ0) is 22.2. The molecular weight excluding hydrogens is 400 g/mol. The first-order chi connectivity index (χ1) is 15.6. The summed E-state index contributed by atoms with van der Waals surface area (Å²) in [5.74, 6) is 0.785. The summed E-state index contributed by atoms with van der Waals surface area (Å²) in [6, 6.07) is 23.9. The third kappa shape index (κ3) is 3.21. The number of nitrogens with two attached hydrogens (primary N) is 1. The van der Waals surface area contributed by atoms with Gasteiger partial charge in [0.2, 0.25) is 5.88 Å². The van der Waals surface area contributed by atoms with Crippen molar-refractivity contribution in [2.75, 3.05) is 7.11 Å². The van der Waals surface area contributed by atoms with Crippen LogP contribution in [0.15, 0.2) is 89.5 Å². The van der Waals surface area contributed by atoms with E-state index in [1.807, 2.05) is 42.5 Å². The highest BCUT2D eigenvalue weighted by atomic mass is 16.5. The standard InChI is InChI=1S/C27H22N2O3/c1-31-19-11-9-17(10-12-19)25-22(15-28)27(29)32-24-14-18(13-23(30)26(24)25)21-8-4-6-16-5-2-3-7-20(16)21/h2-12,18,25H,13-14,29H2,1H3. The van der Waals surface area contributed by atoms with Crippen LogP contribution >= 0.6 is 0 Å². The molecule has 0 amide bonds. The van der Waals surface area contributed by atoms with Crippen molar-refractivity contribution in [3.05, 3.63) is 101 Å². The van der Waals surface area contributed by atoms with E-state index in [2.05, 4.69) is 30.3 Å². The molecule has 5 nitrogen and oxygen atoms in total. The molecule has 0 bridgehead atoms. The zero-order valence-electron chi connectivity index (χ0n) is 17.7. The Morgan fingerprint density at radius 3 is 2.53 bits per heavy atom. The van der Waals surface area contributed by atoms with Crippen LogP contribution in [0.3, 0.4) is 0 Å². The maximum atomic E-state index is 13.5. The lowest BCUT2D eigenvalue weighted by atomic mass is 9.73. The minimum atomic E-state index is -0.532. The Bertz CT molecular complexity index is 1320. The van der Waals surface area contributed by atoms with Crippen molar-refractivity contribution < 1.29 is 14.3 Å². The number of ether oxygens (including phenoxy) is 2. The Kier molecular flexibility index (Phi) is 4.91. The molecule has 5 heteroatoms. The van der Waals surface area contributed by atoms with Crippen molar-refractivity contribution in [1.29, 1.82) is 5.26 Å². The number of hydrogen-bond acceptors (Lipinski definition) is 5. The number of carbonyl (C=O) groups is 1. The van der Waals surface area contributed by atoms with Crippen LogP contribution in [0.4, 0.5) is 0 Å². The molecule has 0 saturated heterocycles. The molecule has 1 aliphatic heterocycles. The van der Waals surface area contributed by atoms with E-state index in [4.69, 9.17) is 15.2 Å². The largest absolute Gasteiger partial charge is 0.497 e. The van der Waals surface area contributed by atoms with Gasteiger partial charge >= 0.3 is 0 Å². The van der Waals surface area contributed by atoms with E-state index >= 15 is 0 Å². The van der Waals surface area contributed by atoms with Crippen LogP contribution in [0.2, 0.25) is 0 Å². The number of carbonyl (C=O) groups excluding carboxylic acids is 1. The summed E-state index contributed by atoms with van der Waals surface area (Å²) in [4.78, 5) is 13.5. The van der Waals surface area contributed by atoms with Crippen molar-refractivity contribution >= 4 is 16.6 Å². The molecule has 0 radical (unpaired) electrons. The number of nitriles is 1. The molecule has 2 unspecified atom stereocenters. The summed E-state index contributed by atoms with van der Waals surface area (Å²) in [7, 11) is 1.60. The molecule has 3 aromatic carbocycles. The maximum Gasteiger partial charge on any atom is 0.205 e. The summed E-state index contributed by atoms with van der Waals surface area (Å²) >= 11 is 0. The van der Waals surface area contributed by atoms with E-state index in [1.165, 1.54) is 0 Å². The van der Waals surface area contributed by atoms with E-state index in [0.29, 0.717) is 29.9 Å². The highest BCUT2D eigenvalue weighted by Crippen LogP contribution is 2.47. The number of benzene rings is 3. The molecule has 2 atom stereocenters. The number of ketones is 1. The number of Topliss-reactive ketones (excluding diaryl/α,β-unsaturated/α-hetero) is 1. The lowest BCUT2D eigenvalue weighted by Gasteiger charge is -2.34. The average molecular weight is 422 g/mol. The summed E-state index contributed by atoms with van der Waals surface area (Å²) in [6.45, 7) is 0.